The van der Waals surface area contributed by atoms with Crippen LogP contribution in [-0.2, 0) is 9.53 Å². The quantitative estimate of drug-likeness (QED) is 0.347. The van der Waals surface area contributed by atoms with Crippen molar-refractivity contribution >= 4 is 46.6 Å². The van der Waals surface area contributed by atoms with Gasteiger partial charge in [-0.15, -0.1) is 0 Å². The maximum absolute atomic E-state index is 13.7. The molecule has 0 spiro atoms. The number of aromatic nitrogens is 1. The number of nitriles is 1. The molecule has 4 rings (SSSR count). The highest BCUT2D eigenvalue weighted by Gasteiger charge is 2.31. The summed E-state index contributed by atoms with van der Waals surface area (Å²) in [7, 11) is 1.27. The van der Waals surface area contributed by atoms with Crippen LogP contribution < -0.4 is 29.1 Å². The summed E-state index contributed by atoms with van der Waals surface area (Å²) < 4.78 is 23.5. The molecule has 39 heavy (non-hydrogen) atoms. The van der Waals surface area contributed by atoms with E-state index in [1.807, 2.05) is 19.9 Å². The fraction of sp³-hybridized carbons (Fsp3) is 0.259. The molecule has 0 saturated carbocycles. The van der Waals surface area contributed by atoms with E-state index < -0.39 is 12.0 Å². The van der Waals surface area contributed by atoms with Gasteiger partial charge in [-0.3, -0.25) is 9.36 Å². The van der Waals surface area contributed by atoms with E-state index in [2.05, 4.69) is 4.99 Å². The topological polar surface area (TPSA) is 112 Å². The molecule has 2 heterocycles. The number of carbonyl (C=O) groups excluding carboxylic acids is 1. The summed E-state index contributed by atoms with van der Waals surface area (Å²) in [4.78, 5) is 31.2. The molecule has 3 aromatic rings. The van der Waals surface area contributed by atoms with Gasteiger partial charge in [0.15, 0.2) is 28.7 Å². The van der Waals surface area contributed by atoms with E-state index in [9.17, 15) is 9.59 Å². The molecule has 0 aliphatic carbocycles. The molecule has 1 aliphatic rings. The Balaban J connectivity index is 1.87. The van der Waals surface area contributed by atoms with Gasteiger partial charge < -0.3 is 18.9 Å². The number of hydrogen-bond donors (Lipinski definition) is 0. The second-order valence-corrected chi connectivity index (χ2v) is 9.83. The molecule has 12 heteroatoms. The fourth-order valence-corrected chi connectivity index (χ4v) is 5.63. The highest BCUT2D eigenvalue weighted by atomic mass is 35.5. The van der Waals surface area contributed by atoms with Gasteiger partial charge in [0.2, 0.25) is 0 Å². The largest absolute Gasteiger partial charge is 0.490 e. The van der Waals surface area contributed by atoms with Gasteiger partial charge in [-0.1, -0.05) is 40.6 Å². The van der Waals surface area contributed by atoms with Crippen LogP contribution in [0.15, 0.2) is 51.9 Å². The summed E-state index contributed by atoms with van der Waals surface area (Å²) in [5.74, 6) is 0.608. The van der Waals surface area contributed by atoms with Crippen molar-refractivity contribution in [2.24, 2.45) is 4.99 Å². The third kappa shape index (κ3) is 5.81. The van der Waals surface area contributed by atoms with Crippen molar-refractivity contribution in [3.8, 4) is 23.3 Å². The number of nitrogens with zero attached hydrogens (tertiary/aromatic N) is 3. The maximum atomic E-state index is 13.7. The molecule has 0 amide bonds. The average molecular weight is 588 g/mol. The van der Waals surface area contributed by atoms with Crippen LogP contribution in [0.4, 0.5) is 0 Å². The minimum atomic E-state index is -0.820. The van der Waals surface area contributed by atoms with Gasteiger partial charge in [0, 0.05) is 6.20 Å². The molecule has 202 valence electrons. The van der Waals surface area contributed by atoms with Crippen LogP contribution in [0.25, 0.3) is 6.08 Å². The molecule has 9 nitrogen and oxygen atoms in total. The Bertz CT molecular complexity index is 1650. The number of rotatable bonds is 9. The molecule has 0 radical (unpaired) electrons. The third-order valence-corrected chi connectivity index (χ3v) is 7.17. The predicted molar refractivity (Wildman–Crippen MR) is 148 cm³/mol. The van der Waals surface area contributed by atoms with Crippen molar-refractivity contribution < 1.29 is 23.7 Å². The predicted octanol–water partition coefficient (Wildman–Crippen LogP) is 4.02. The summed E-state index contributed by atoms with van der Waals surface area (Å²) in [5, 5.41) is 9.15. The molecule has 0 unspecified atom stereocenters. The fourth-order valence-electron chi connectivity index (χ4n) is 4.04. The van der Waals surface area contributed by atoms with Crippen molar-refractivity contribution in [1.82, 2.24) is 4.57 Å². The van der Waals surface area contributed by atoms with Crippen molar-refractivity contribution in [3.05, 3.63) is 83.0 Å². The zero-order chi connectivity index (χ0) is 28.1. The van der Waals surface area contributed by atoms with Crippen molar-refractivity contribution in [2.75, 3.05) is 26.9 Å². The molecule has 0 saturated heterocycles. The van der Waals surface area contributed by atoms with Crippen molar-refractivity contribution in [2.45, 2.75) is 19.9 Å². The summed E-state index contributed by atoms with van der Waals surface area (Å²) in [5.41, 5.74) is 0.976. The number of thiazole rings is 1. The van der Waals surface area contributed by atoms with E-state index in [1.165, 1.54) is 17.9 Å². The molecule has 0 bridgehead atoms. The lowest BCUT2D eigenvalue weighted by molar-refractivity contribution is -0.136. The summed E-state index contributed by atoms with van der Waals surface area (Å²) in [6.07, 6.45) is 3.04. The second-order valence-electron chi connectivity index (χ2n) is 8.01. The second kappa shape index (κ2) is 12.4. The lowest BCUT2D eigenvalue weighted by Crippen LogP contribution is -2.39. The first kappa shape index (κ1) is 28.2. The first-order valence-electron chi connectivity index (χ1n) is 11.8. The van der Waals surface area contributed by atoms with E-state index in [-0.39, 0.29) is 33.5 Å². The minimum Gasteiger partial charge on any atom is -0.490 e. The molecular formula is C27H23Cl2N3O6S. The average Bonchev–Trinajstić information content (AvgIpc) is 3.23. The number of fused-ring (bicyclic) bond motifs is 1. The lowest BCUT2D eigenvalue weighted by Gasteiger charge is -2.23. The van der Waals surface area contributed by atoms with Gasteiger partial charge in [-0.05, 0) is 55.3 Å². The Morgan fingerprint density at radius 2 is 1.82 bits per heavy atom. The van der Waals surface area contributed by atoms with Crippen LogP contribution in [-0.4, -0.2) is 37.5 Å². The van der Waals surface area contributed by atoms with Crippen LogP contribution in [0.5, 0.6) is 17.2 Å². The number of hydrogen-bond acceptors (Lipinski definition) is 9. The van der Waals surface area contributed by atoms with Crippen LogP contribution in [0.1, 0.15) is 31.0 Å². The highest BCUT2D eigenvalue weighted by Crippen LogP contribution is 2.36. The van der Waals surface area contributed by atoms with Crippen molar-refractivity contribution in [3.63, 3.8) is 0 Å². The van der Waals surface area contributed by atoms with Gasteiger partial charge in [0.25, 0.3) is 5.56 Å². The maximum Gasteiger partial charge on any atom is 0.337 e. The van der Waals surface area contributed by atoms with Crippen LogP contribution in [0, 0.1) is 11.3 Å². The Hall–Kier alpha value is -3.78. The molecule has 1 aromatic heterocycles. The van der Waals surface area contributed by atoms with E-state index in [4.69, 9.17) is 47.4 Å². The molecule has 1 aliphatic heterocycles. The van der Waals surface area contributed by atoms with Crippen LogP contribution >= 0.6 is 34.5 Å². The summed E-state index contributed by atoms with van der Waals surface area (Å²) in [6, 6.07) is 9.47. The first-order chi connectivity index (χ1) is 18.8. The van der Waals surface area contributed by atoms with Gasteiger partial charge in [0.1, 0.15) is 6.07 Å². The van der Waals surface area contributed by atoms with Gasteiger partial charge in [0.05, 0.1) is 46.5 Å². The number of esters is 1. The molecular weight excluding hydrogens is 565 g/mol. The standard InChI is InChI=1S/C27H23Cl2N3O6S/c1-4-36-20-7-6-16(13-21(20)37-5-2)23-17(26(34)35-3)14-31-27-32(23)25(33)22(39-27)12-15-10-18(28)24(19(29)11-15)38-9-8-30/h6-7,10-14,23H,4-5,9H2,1-3H3/b22-12-/t23-/m1/s1. The Kier molecular flexibility index (Phi) is 8.97. The zero-order valence-corrected chi connectivity index (χ0v) is 23.5. The minimum absolute atomic E-state index is 0.182. The molecule has 2 aromatic carbocycles. The van der Waals surface area contributed by atoms with E-state index in [1.54, 1.807) is 36.4 Å². The summed E-state index contributed by atoms with van der Waals surface area (Å²) >= 11 is 13.8. The smallest absolute Gasteiger partial charge is 0.337 e. The van der Waals surface area contributed by atoms with E-state index >= 15 is 0 Å². The van der Waals surface area contributed by atoms with Crippen LogP contribution in [0.3, 0.4) is 0 Å². The van der Waals surface area contributed by atoms with Crippen LogP contribution in [0.2, 0.25) is 10.0 Å². The number of carbonyl (C=O) groups is 1. The Morgan fingerprint density at radius 3 is 2.46 bits per heavy atom. The Morgan fingerprint density at radius 1 is 1.13 bits per heavy atom. The first-order valence-corrected chi connectivity index (χ1v) is 13.4. The molecule has 0 fully saturated rings. The van der Waals surface area contributed by atoms with Gasteiger partial charge in [-0.2, -0.15) is 5.26 Å². The van der Waals surface area contributed by atoms with E-state index in [0.717, 1.165) is 11.3 Å². The van der Waals surface area contributed by atoms with Gasteiger partial charge in [-0.25, -0.2) is 9.79 Å². The molecule has 0 N–H and O–H groups in total. The van der Waals surface area contributed by atoms with E-state index in [0.29, 0.717) is 45.2 Å². The highest BCUT2D eigenvalue weighted by molar-refractivity contribution is 7.07. The number of benzene rings is 2. The van der Waals surface area contributed by atoms with Gasteiger partial charge >= 0.3 is 5.97 Å². The third-order valence-electron chi connectivity index (χ3n) is 5.61. The number of halogens is 2. The zero-order valence-electron chi connectivity index (χ0n) is 21.2. The molecule has 1 atom stereocenters. The lowest BCUT2D eigenvalue weighted by atomic mass is 9.97. The Labute approximate surface area is 237 Å². The van der Waals surface area contributed by atoms with Crippen molar-refractivity contribution in [1.29, 1.82) is 5.26 Å². The summed E-state index contributed by atoms with van der Waals surface area (Å²) in [6.45, 7) is 4.36. The number of ether oxygens (including phenoxy) is 4. The SMILES string of the molecule is CCOc1ccc([C@@H]2C(C(=O)OC)=CN=c3s/c(=C\c4cc(Cl)c(OCC#N)c(Cl)c4)c(=O)n32)cc1OCC. The normalized spacial score (nSPS) is 14.5. The monoisotopic (exact) mass is 587 g/mol. The number of methoxy groups -OCH3 is 1.